The van der Waals surface area contributed by atoms with Crippen molar-refractivity contribution in [1.29, 1.82) is 0 Å². The predicted octanol–water partition coefficient (Wildman–Crippen LogP) is 7.91. The average Bonchev–Trinajstić information content (AvgIpc) is 3.93. The van der Waals surface area contributed by atoms with Gasteiger partial charge in [-0.1, -0.05) is 59.6 Å². The molecule has 0 radical (unpaired) electrons. The molecule has 2 aliphatic heterocycles. The Balaban J connectivity index is 1.26. The van der Waals surface area contributed by atoms with E-state index >= 15 is 0 Å². The predicted molar refractivity (Wildman–Crippen MR) is 196 cm³/mol. The standard InChI is InChI=1S/C39H46Cl2N4O4/c1-39(2,3)49-38(47)44-17-16-33(34(25-44)37(46)45(30-14-15-30)24-29-10-7-13-35(40)36(29)41)28-9-6-12-32(23-28)48-26-27-8-5-11-31(22-27)43-20-18-42(4)19-21-43/h5-13,22-23,30H,14-21,24-26H2,1-4H3. The minimum atomic E-state index is -0.649. The van der Waals surface area contributed by atoms with E-state index in [9.17, 15) is 9.59 Å². The lowest BCUT2D eigenvalue weighted by Gasteiger charge is -2.34. The number of rotatable bonds is 9. The van der Waals surface area contributed by atoms with Crippen molar-refractivity contribution in [1.82, 2.24) is 14.7 Å². The van der Waals surface area contributed by atoms with E-state index in [1.165, 1.54) is 5.69 Å². The minimum Gasteiger partial charge on any atom is -0.489 e. The summed E-state index contributed by atoms with van der Waals surface area (Å²) in [4.78, 5) is 36.1. The van der Waals surface area contributed by atoms with E-state index in [-0.39, 0.29) is 18.5 Å². The second kappa shape index (κ2) is 15.0. The van der Waals surface area contributed by atoms with Crippen LogP contribution in [0.25, 0.3) is 5.57 Å². The molecule has 0 unspecified atom stereocenters. The second-order valence-corrected chi connectivity index (χ2v) is 15.0. The number of halogens is 2. The number of benzene rings is 3. The number of hydrogen-bond acceptors (Lipinski definition) is 6. The zero-order chi connectivity index (χ0) is 34.7. The Bertz CT molecular complexity index is 1710. The lowest BCUT2D eigenvalue weighted by atomic mass is 9.92. The summed E-state index contributed by atoms with van der Waals surface area (Å²) in [5.41, 5.74) is 4.87. The summed E-state index contributed by atoms with van der Waals surface area (Å²) in [5.74, 6) is 0.620. The van der Waals surface area contributed by atoms with Crippen LogP contribution in [0, 0.1) is 0 Å². The summed E-state index contributed by atoms with van der Waals surface area (Å²) in [6.07, 6.45) is 1.92. The Morgan fingerprint density at radius 3 is 2.39 bits per heavy atom. The van der Waals surface area contributed by atoms with Crippen LogP contribution in [0.1, 0.15) is 56.7 Å². The van der Waals surface area contributed by atoms with Crippen molar-refractivity contribution in [2.75, 3.05) is 51.2 Å². The molecule has 0 atom stereocenters. The molecule has 3 aromatic carbocycles. The number of carbonyl (C=O) groups excluding carboxylic acids is 2. The van der Waals surface area contributed by atoms with E-state index in [1.807, 2.05) is 62.1 Å². The van der Waals surface area contributed by atoms with Crippen LogP contribution in [0.15, 0.2) is 72.3 Å². The Kier molecular flexibility index (Phi) is 10.8. The van der Waals surface area contributed by atoms with Crippen molar-refractivity contribution in [2.24, 2.45) is 0 Å². The van der Waals surface area contributed by atoms with Crippen molar-refractivity contribution in [2.45, 2.75) is 64.8 Å². The first-order chi connectivity index (χ1) is 23.4. The highest BCUT2D eigenvalue weighted by atomic mass is 35.5. The van der Waals surface area contributed by atoms with E-state index < -0.39 is 11.7 Å². The number of ether oxygens (including phenoxy) is 2. The molecule has 49 heavy (non-hydrogen) atoms. The quantitative estimate of drug-likeness (QED) is 0.226. The van der Waals surface area contributed by atoms with Crippen molar-refractivity contribution in [3.63, 3.8) is 0 Å². The first kappa shape index (κ1) is 35.1. The molecule has 0 bridgehead atoms. The topological polar surface area (TPSA) is 65.6 Å². The molecule has 0 spiro atoms. The first-order valence-corrected chi connectivity index (χ1v) is 17.9. The zero-order valence-electron chi connectivity index (χ0n) is 28.9. The largest absolute Gasteiger partial charge is 0.489 e. The smallest absolute Gasteiger partial charge is 0.410 e. The van der Waals surface area contributed by atoms with Crippen LogP contribution >= 0.6 is 23.2 Å². The number of carbonyl (C=O) groups is 2. The zero-order valence-corrected chi connectivity index (χ0v) is 30.4. The maximum atomic E-state index is 14.6. The molecule has 3 aromatic rings. The van der Waals surface area contributed by atoms with Crippen molar-refractivity contribution in [3.05, 3.63) is 99.0 Å². The monoisotopic (exact) mass is 704 g/mol. The lowest BCUT2D eigenvalue weighted by Crippen LogP contribution is -2.44. The van der Waals surface area contributed by atoms with E-state index in [0.29, 0.717) is 41.7 Å². The highest BCUT2D eigenvalue weighted by Crippen LogP contribution is 2.37. The third kappa shape index (κ3) is 8.91. The van der Waals surface area contributed by atoms with Gasteiger partial charge in [0.05, 0.1) is 16.6 Å². The molecular formula is C39H46Cl2N4O4. The van der Waals surface area contributed by atoms with Crippen molar-refractivity contribution < 1.29 is 19.1 Å². The van der Waals surface area contributed by atoms with E-state index in [2.05, 4.69) is 41.1 Å². The van der Waals surface area contributed by atoms with Gasteiger partial charge in [-0.05, 0) is 99.7 Å². The van der Waals surface area contributed by atoms with Gasteiger partial charge in [-0.2, -0.15) is 0 Å². The molecule has 1 saturated carbocycles. The van der Waals surface area contributed by atoms with Crippen LogP contribution in [0.3, 0.4) is 0 Å². The van der Waals surface area contributed by atoms with Gasteiger partial charge in [-0.3, -0.25) is 4.79 Å². The molecule has 2 fully saturated rings. The summed E-state index contributed by atoms with van der Waals surface area (Å²) in [6, 6.07) is 22.1. The first-order valence-electron chi connectivity index (χ1n) is 17.1. The van der Waals surface area contributed by atoms with Gasteiger partial charge in [-0.25, -0.2) is 4.79 Å². The van der Waals surface area contributed by atoms with Gasteiger partial charge in [0.1, 0.15) is 18.0 Å². The molecule has 8 nitrogen and oxygen atoms in total. The number of likely N-dealkylation sites (N-methyl/N-ethyl adjacent to an activating group) is 1. The van der Waals surface area contributed by atoms with Gasteiger partial charge in [0.15, 0.2) is 0 Å². The van der Waals surface area contributed by atoms with Gasteiger partial charge in [0.2, 0.25) is 0 Å². The third-order valence-corrected chi connectivity index (χ3v) is 10.1. The molecule has 3 aliphatic rings. The number of nitrogens with zero attached hydrogens (tertiary/aromatic N) is 4. The molecule has 1 saturated heterocycles. The molecule has 260 valence electrons. The van der Waals surface area contributed by atoms with Crippen molar-refractivity contribution in [3.8, 4) is 5.75 Å². The molecular weight excluding hydrogens is 659 g/mol. The number of amides is 2. The summed E-state index contributed by atoms with van der Waals surface area (Å²) in [7, 11) is 2.16. The molecule has 10 heteroatoms. The van der Waals surface area contributed by atoms with Gasteiger partial charge < -0.3 is 29.1 Å². The SMILES string of the molecule is CN1CCN(c2cccc(COc3cccc(C4=C(C(=O)N(Cc5cccc(Cl)c5Cl)C5CC5)CN(C(=O)OC(C)(C)C)CC4)c3)c2)CC1. The molecule has 2 amide bonds. The second-order valence-electron chi connectivity index (χ2n) is 14.3. The van der Waals surface area contributed by atoms with E-state index in [4.69, 9.17) is 32.7 Å². The van der Waals surface area contributed by atoms with Gasteiger partial charge in [-0.15, -0.1) is 0 Å². The Labute approximate surface area is 300 Å². The summed E-state index contributed by atoms with van der Waals surface area (Å²) in [6.45, 7) is 11.0. The van der Waals surface area contributed by atoms with E-state index in [1.54, 1.807) is 11.0 Å². The van der Waals surface area contributed by atoms with Crippen LogP contribution in [0.4, 0.5) is 10.5 Å². The normalized spacial score (nSPS) is 17.3. The summed E-state index contributed by atoms with van der Waals surface area (Å²) >= 11 is 12.9. The van der Waals surface area contributed by atoms with Crippen molar-refractivity contribution >= 4 is 46.5 Å². The van der Waals surface area contributed by atoms with Crippen LogP contribution in [-0.2, 0) is 22.7 Å². The molecule has 1 aliphatic carbocycles. The highest BCUT2D eigenvalue weighted by Gasteiger charge is 2.38. The molecule has 2 heterocycles. The Morgan fingerprint density at radius 1 is 0.918 bits per heavy atom. The summed E-state index contributed by atoms with van der Waals surface area (Å²) in [5, 5.41) is 0.911. The van der Waals surface area contributed by atoms with Gasteiger partial charge >= 0.3 is 6.09 Å². The maximum Gasteiger partial charge on any atom is 0.410 e. The molecule has 6 rings (SSSR count). The fraction of sp³-hybridized carbons (Fsp3) is 0.436. The molecule has 0 N–H and O–H groups in total. The third-order valence-electron chi connectivity index (χ3n) is 9.24. The fourth-order valence-corrected chi connectivity index (χ4v) is 6.77. The minimum absolute atomic E-state index is 0.101. The molecule has 0 aromatic heterocycles. The number of piperazine rings is 1. The van der Waals surface area contributed by atoms with Crippen LogP contribution in [-0.4, -0.2) is 84.7 Å². The summed E-state index contributed by atoms with van der Waals surface area (Å²) < 4.78 is 12.1. The highest BCUT2D eigenvalue weighted by molar-refractivity contribution is 6.42. The lowest BCUT2D eigenvalue weighted by molar-refractivity contribution is -0.128. The average molecular weight is 706 g/mol. The Morgan fingerprint density at radius 2 is 1.65 bits per heavy atom. The number of hydrogen-bond donors (Lipinski definition) is 0. The fourth-order valence-electron chi connectivity index (χ4n) is 6.39. The van der Waals surface area contributed by atoms with Crippen LogP contribution < -0.4 is 9.64 Å². The van der Waals surface area contributed by atoms with Gasteiger partial charge in [0, 0.05) is 56.6 Å². The van der Waals surface area contributed by atoms with Gasteiger partial charge in [0.25, 0.3) is 5.91 Å². The maximum absolute atomic E-state index is 14.6. The van der Waals surface area contributed by atoms with E-state index in [0.717, 1.165) is 67.0 Å². The van der Waals surface area contributed by atoms with Crippen LogP contribution in [0.2, 0.25) is 10.0 Å². The Hall–Kier alpha value is -3.72. The number of anilines is 1. The van der Waals surface area contributed by atoms with Crippen LogP contribution in [0.5, 0.6) is 5.75 Å².